The molecule has 1 fully saturated rings. The van der Waals surface area contributed by atoms with Crippen molar-refractivity contribution in [2.45, 2.75) is 38.3 Å². The minimum Gasteiger partial charge on any atom is -0.342 e. The Morgan fingerprint density at radius 1 is 1.29 bits per heavy atom. The van der Waals surface area contributed by atoms with Gasteiger partial charge in [0.2, 0.25) is 5.91 Å². The van der Waals surface area contributed by atoms with Crippen molar-refractivity contribution >= 4 is 17.7 Å². The SMILES string of the molecule is Cc1nc(SCC(=O)N2CCC(C)CC2)n(C)c(=O)c1Cc1ccccc1F. The van der Waals surface area contributed by atoms with E-state index in [1.807, 2.05) is 4.90 Å². The van der Waals surface area contributed by atoms with Gasteiger partial charge in [-0.15, -0.1) is 0 Å². The average molecular weight is 404 g/mol. The first-order valence-electron chi connectivity index (χ1n) is 9.57. The van der Waals surface area contributed by atoms with Crippen molar-refractivity contribution in [1.29, 1.82) is 0 Å². The Morgan fingerprint density at radius 3 is 2.64 bits per heavy atom. The molecular weight excluding hydrogens is 377 g/mol. The van der Waals surface area contributed by atoms with Crippen molar-refractivity contribution in [2.24, 2.45) is 13.0 Å². The number of aryl methyl sites for hydroxylation is 1. The van der Waals surface area contributed by atoms with Gasteiger partial charge in [-0.25, -0.2) is 9.37 Å². The molecule has 0 unspecified atom stereocenters. The molecule has 0 aliphatic carbocycles. The number of carbonyl (C=O) groups is 1. The smallest absolute Gasteiger partial charge is 0.257 e. The lowest BCUT2D eigenvalue weighted by Crippen LogP contribution is -2.39. The number of nitrogens with zero attached hydrogens (tertiary/aromatic N) is 3. The zero-order valence-corrected chi connectivity index (χ0v) is 17.4. The topological polar surface area (TPSA) is 55.2 Å². The molecule has 0 saturated carbocycles. The molecule has 0 bridgehead atoms. The highest BCUT2D eigenvalue weighted by Crippen LogP contribution is 2.20. The quantitative estimate of drug-likeness (QED) is 0.568. The Kier molecular flexibility index (Phi) is 6.54. The van der Waals surface area contributed by atoms with Gasteiger partial charge in [-0.05, 0) is 37.3 Å². The van der Waals surface area contributed by atoms with Crippen LogP contribution in [0.5, 0.6) is 0 Å². The second kappa shape index (κ2) is 8.90. The minimum atomic E-state index is -0.330. The summed E-state index contributed by atoms with van der Waals surface area (Å²) in [6, 6.07) is 6.44. The highest BCUT2D eigenvalue weighted by molar-refractivity contribution is 7.99. The Balaban J connectivity index is 1.72. The van der Waals surface area contributed by atoms with Gasteiger partial charge in [0.05, 0.1) is 5.75 Å². The van der Waals surface area contributed by atoms with E-state index >= 15 is 0 Å². The number of piperidine rings is 1. The van der Waals surface area contributed by atoms with Crippen LogP contribution in [0.15, 0.2) is 34.2 Å². The summed E-state index contributed by atoms with van der Waals surface area (Å²) in [4.78, 5) is 31.7. The van der Waals surface area contributed by atoms with Crippen LogP contribution in [-0.2, 0) is 18.3 Å². The molecule has 3 rings (SSSR count). The van der Waals surface area contributed by atoms with E-state index in [-0.39, 0.29) is 29.5 Å². The van der Waals surface area contributed by atoms with E-state index < -0.39 is 0 Å². The summed E-state index contributed by atoms with van der Waals surface area (Å²) in [5.74, 6) is 0.688. The number of halogens is 1. The Morgan fingerprint density at radius 2 is 1.96 bits per heavy atom. The summed E-state index contributed by atoms with van der Waals surface area (Å²) in [6.45, 7) is 5.57. The summed E-state index contributed by atoms with van der Waals surface area (Å²) < 4.78 is 15.4. The van der Waals surface area contributed by atoms with Gasteiger partial charge in [0, 0.05) is 37.8 Å². The second-order valence-electron chi connectivity index (χ2n) is 7.44. The number of hydrogen-bond donors (Lipinski definition) is 0. The van der Waals surface area contributed by atoms with Crippen LogP contribution in [0.3, 0.4) is 0 Å². The molecule has 1 amide bonds. The number of thioether (sulfide) groups is 1. The van der Waals surface area contributed by atoms with E-state index in [9.17, 15) is 14.0 Å². The van der Waals surface area contributed by atoms with Gasteiger partial charge in [0.15, 0.2) is 5.16 Å². The van der Waals surface area contributed by atoms with Gasteiger partial charge >= 0.3 is 0 Å². The summed E-state index contributed by atoms with van der Waals surface area (Å²) in [7, 11) is 1.65. The lowest BCUT2D eigenvalue weighted by atomic mass is 9.99. The highest BCUT2D eigenvalue weighted by atomic mass is 32.2. The standard InChI is InChI=1S/C21H26FN3O2S/c1-14-8-10-25(11-9-14)19(26)13-28-21-23-15(2)17(20(27)24(21)3)12-16-6-4-5-7-18(16)22/h4-7,14H,8-13H2,1-3H3. The predicted octanol–water partition coefficient (Wildman–Crippen LogP) is 3.17. The van der Waals surface area contributed by atoms with Crippen molar-refractivity contribution in [1.82, 2.24) is 14.5 Å². The van der Waals surface area contributed by atoms with Crippen molar-refractivity contribution < 1.29 is 9.18 Å². The number of hydrogen-bond acceptors (Lipinski definition) is 4. The first kappa shape index (κ1) is 20.6. The first-order chi connectivity index (χ1) is 13.4. The predicted molar refractivity (Wildman–Crippen MR) is 109 cm³/mol. The van der Waals surface area contributed by atoms with Gasteiger partial charge in [0.1, 0.15) is 5.82 Å². The van der Waals surface area contributed by atoms with Gasteiger partial charge in [-0.2, -0.15) is 0 Å². The molecule has 2 aromatic rings. The van der Waals surface area contributed by atoms with Crippen molar-refractivity contribution in [3.63, 3.8) is 0 Å². The summed E-state index contributed by atoms with van der Waals surface area (Å²) >= 11 is 1.28. The van der Waals surface area contributed by atoms with E-state index in [0.29, 0.717) is 27.9 Å². The molecule has 7 heteroatoms. The van der Waals surface area contributed by atoms with Crippen LogP contribution in [0.4, 0.5) is 4.39 Å². The monoisotopic (exact) mass is 403 g/mol. The molecule has 1 aromatic heterocycles. The molecule has 28 heavy (non-hydrogen) atoms. The summed E-state index contributed by atoms with van der Waals surface area (Å²) in [5.41, 5.74) is 1.33. The normalized spacial score (nSPS) is 15.1. The van der Waals surface area contributed by atoms with E-state index in [4.69, 9.17) is 0 Å². The third-order valence-corrected chi connectivity index (χ3v) is 6.35. The van der Waals surface area contributed by atoms with Crippen molar-refractivity contribution in [3.8, 4) is 0 Å². The van der Waals surface area contributed by atoms with Crippen LogP contribution < -0.4 is 5.56 Å². The number of likely N-dealkylation sites (tertiary alicyclic amines) is 1. The number of benzene rings is 1. The number of carbonyl (C=O) groups excluding carboxylic acids is 1. The average Bonchev–Trinajstić information content (AvgIpc) is 2.68. The molecular formula is C21H26FN3O2S. The lowest BCUT2D eigenvalue weighted by molar-refractivity contribution is -0.129. The van der Waals surface area contributed by atoms with E-state index in [2.05, 4.69) is 11.9 Å². The summed E-state index contributed by atoms with van der Waals surface area (Å²) in [5, 5.41) is 0.513. The largest absolute Gasteiger partial charge is 0.342 e. The maximum absolute atomic E-state index is 14.0. The fourth-order valence-corrected chi connectivity index (χ4v) is 4.28. The van der Waals surface area contributed by atoms with Crippen molar-refractivity contribution in [2.75, 3.05) is 18.8 Å². The molecule has 1 aliphatic rings. The Bertz CT molecular complexity index is 920. The second-order valence-corrected chi connectivity index (χ2v) is 8.39. The number of rotatable bonds is 5. The Hall–Kier alpha value is -2.15. The number of amides is 1. The van der Waals surface area contributed by atoms with E-state index in [1.54, 1.807) is 32.2 Å². The van der Waals surface area contributed by atoms with E-state index in [1.165, 1.54) is 22.4 Å². The highest BCUT2D eigenvalue weighted by Gasteiger charge is 2.21. The van der Waals surface area contributed by atoms with Crippen molar-refractivity contribution in [3.05, 3.63) is 57.3 Å². The molecule has 1 saturated heterocycles. The third kappa shape index (κ3) is 4.63. The van der Waals surface area contributed by atoms with E-state index in [0.717, 1.165) is 25.9 Å². The van der Waals surface area contributed by atoms with Crippen LogP contribution in [-0.4, -0.2) is 39.2 Å². The molecule has 150 valence electrons. The molecule has 0 radical (unpaired) electrons. The van der Waals surface area contributed by atoms with Crippen LogP contribution in [0.2, 0.25) is 0 Å². The minimum absolute atomic E-state index is 0.0826. The molecule has 5 nitrogen and oxygen atoms in total. The van der Waals surface area contributed by atoms with Gasteiger partial charge in [0.25, 0.3) is 5.56 Å². The van der Waals surface area contributed by atoms with Gasteiger partial charge in [-0.3, -0.25) is 14.2 Å². The third-order valence-electron chi connectivity index (χ3n) is 5.34. The number of aromatic nitrogens is 2. The van der Waals surface area contributed by atoms with Crippen LogP contribution in [0.1, 0.15) is 36.6 Å². The maximum atomic E-state index is 14.0. The molecule has 1 aromatic carbocycles. The van der Waals surface area contributed by atoms with Gasteiger partial charge < -0.3 is 4.90 Å². The molecule has 1 aliphatic heterocycles. The molecule has 0 N–H and O–H groups in total. The maximum Gasteiger partial charge on any atom is 0.257 e. The zero-order valence-electron chi connectivity index (χ0n) is 16.6. The zero-order chi connectivity index (χ0) is 20.3. The fourth-order valence-electron chi connectivity index (χ4n) is 3.37. The lowest BCUT2D eigenvalue weighted by Gasteiger charge is -2.30. The molecule has 0 atom stereocenters. The first-order valence-corrected chi connectivity index (χ1v) is 10.6. The fraction of sp³-hybridized carbons (Fsp3) is 0.476. The van der Waals surface area contributed by atoms with Crippen LogP contribution in [0.25, 0.3) is 0 Å². The molecule has 0 spiro atoms. The molecule has 2 heterocycles. The summed E-state index contributed by atoms with van der Waals surface area (Å²) in [6.07, 6.45) is 2.28. The van der Waals surface area contributed by atoms with Crippen LogP contribution in [0, 0.1) is 18.7 Å². The van der Waals surface area contributed by atoms with Crippen LogP contribution >= 0.6 is 11.8 Å². The van der Waals surface area contributed by atoms with Gasteiger partial charge in [-0.1, -0.05) is 36.9 Å². The Labute approximate surface area is 169 Å².